The highest BCUT2D eigenvalue weighted by Gasteiger charge is 2.35. The third kappa shape index (κ3) is 6.27. The van der Waals surface area contributed by atoms with Crippen molar-refractivity contribution in [2.75, 3.05) is 20.3 Å². The van der Waals surface area contributed by atoms with Gasteiger partial charge in [-0.1, -0.05) is 74.7 Å². The lowest BCUT2D eigenvalue weighted by atomic mass is 9.95. The maximum Gasteiger partial charge on any atom is 0.338 e. The van der Waals surface area contributed by atoms with Gasteiger partial charge in [-0.25, -0.2) is 9.79 Å². The lowest BCUT2D eigenvalue weighted by molar-refractivity contribution is -0.139. The van der Waals surface area contributed by atoms with E-state index >= 15 is 0 Å². The molecule has 0 spiro atoms. The molecule has 0 radical (unpaired) electrons. The second-order valence-electron chi connectivity index (χ2n) is 10.7. The van der Waals surface area contributed by atoms with Crippen molar-refractivity contribution in [1.82, 2.24) is 9.13 Å². The number of aromatic nitrogens is 2. The molecule has 0 aliphatic carbocycles. The lowest BCUT2D eigenvalue weighted by Crippen LogP contribution is -2.40. The van der Waals surface area contributed by atoms with Gasteiger partial charge in [-0.15, -0.1) is 0 Å². The number of carbonyl (C=O) groups excluding carboxylic acids is 1. The number of para-hydroxylation sites is 1. The molecule has 0 bridgehead atoms. The fraction of sp³-hybridized carbons (Fsp3) is 0.229. The first kappa shape index (κ1) is 33.1. The Balaban J connectivity index is 1.53. The minimum atomic E-state index is -0.831. The molecule has 47 heavy (non-hydrogen) atoms. The van der Waals surface area contributed by atoms with E-state index in [9.17, 15) is 9.59 Å². The molecule has 3 heterocycles. The van der Waals surface area contributed by atoms with Gasteiger partial charge < -0.3 is 18.8 Å². The summed E-state index contributed by atoms with van der Waals surface area (Å²) in [6.45, 7) is 6.55. The SMILES string of the molecule is CCOC(=O)C1=C(C)N=c2s/c(=C/c3cn(Cc4ccc(Cl)c(Cl)c4)c4ccccc34)c(=O)n2[C@H]1c1cc(OC)c(OCC)cc1Br. The molecule has 1 aliphatic heterocycles. The lowest BCUT2D eigenvalue weighted by Gasteiger charge is -2.26. The first-order valence-corrected chi connectivity index (χ1v) is 17.2. The molecule has 3 aromatic carbocycles. The van der Waals surface area contributed by atoms with Crippen molar-refractivity contribution < 1.29 is 19.0 Å². The van der Waals surface area contributed by atoms with E-state index in [-0.39, 0.29) is 17.7 Å². The van der Waals surface area contributed by atoms with Crippen molar-refractivity contribution >= 4 is 73.4 Å². The summed E-state index contributed by atoms with van der Waals surface area (Å²) in [7, 11) is 1.55. The van der Waals surface area contributed by atoms with Gasteiger partial charge in [0.15, 0.2) is 16.3 Å². The van der Waals surface area contributed by atoms with Crippen LogP contribution in [0.1, 0.15) is 43.5 Å². The van der Waals surface area contributed by atoms with Crippen LogP contribution in [-0.2, 0) is 16.1 Å². The highest BCUT2D eigenvalue weighted by Crippen LogP contribution is 2.41. The third-order valence-corrected chi connectivity index (χ3v) is 10.2. The Bertz CT molecular complexity index is 2260. The van der Waals surface area contributed by atoms with Crippen LogP contribution in [0.15, 0.2) is 86.3 Å². The van der Waals surface area contributed by atoms with E-state index < -0.39 is 12.0 Å². The molecule has 5 aromatic rings. The Morgan fingerprint density at radius 3 is 2.57 bits per heavy atom. The van der Waals surface area contributed by atoms with Gasteiger partial charge in [0.05, 0.1) is 52.2 Å². The number of thiazole rings is 1. The third-order valence-electron chi connectivity index (χ3n) is 7.84. The van der Waals surface area contributed by atoms with Crippen molar-refractivity contribution in [2.24, 2.45) is 4.99 Å². The average molecular weight is 756 g/mol. The zero-order chi connectivity index (χ0) is 33.4. The minimum absolute atomic E-state index is 0.173. The number of allylic oxidation sites excluding steroid dienone is 1. The van der Waals surface area contributed by atoms with Crippen molar-refractivity contribution in [2.45, 2.75) is 33.4 Å². The molecular formula is C35H30BrCl2N3O5S. The number of esters is 1. The number of carbonyl (C=O) groups is 1. The Kier molecular flexibility index (Phi) is 9.66. The molecule has 0 N–H and O–H groups in total. The summed E-state index contributed by atoms with van der Waals surface area (Å²) in [6.07, 6.45) is 3.90. The zero-order valence-electron chi connectivity index (χ0n) is 26.0. The number of rotatable bonds is 9. The number of nitrogens with zero attached hydrogens (tertiary/aromatic N) is 3. The van der Waals surface area contributed by atoms with Gasteiger partial charge in [-0.05, 0) is 68.3 Å². The van der Waals surface area contributed by atoms with Gasteiger partial charge in [-0.3, -0.25) is 9.36 Å². The number of hydrogen-bond donors (Lipinski definition) is 0. The molecule has 8 nitrogen and oxygen atoms in total. The summed E-state index contributed by atoms with van der Waals surface area (Å²) >= 11 is 17.4. The van der Waals surface area contributed by atoms with Crippen LogP contribution in [0.2, 0.25) is 10.0 Å². The molecule has 2 aromatic heterocycles. The van der Waals surface area contributed by atoms with Crippen LogP contribution in [0.3, 0.4) is 0 Å². The quantitative estimate of drug-likeness (QED) is 0.148. The van der Waals surface area contributed by atoms with Crippen molar-refractivity contribution in [3.05, 3.63) is 123 Å². The van der Waals surface area contributed by atoms with Gasteiger partial charge in [0, 0.05) is 33.7 Å². The average Bonchev–Trinajstić information content (AvgIpc) is 3.54. The maximum atomic E-state index is 14.4. The van der Waals surface area contributed by atoms with Crippen LogP contribution in [0.5, 0.6) is 11.5 Å². The first-order chi connectivity index (χ1) is 22.6. The molecule has 0 fully saturated rings. The summed E-state index contributed by atoms with van der Waals surface area (Å²) < 4.78 is 21.7. The van der Waals surface area contributed by atoms with Crippen LogP contribution >= 0.6 is 50.5 Å². The number of fused-ring (bicyclic) bond motifs is 2. The summed E-state index contributed by atoms with van der Waals surface area (Å²) in [4.78, 5) is 33.0. The number of benzene rings is 3. The van der Waals surface area contributed by atoms with E-state index in [0.717, 1.165) is 22.0 Å². The first-order valence-electron chi connectivity index (χ1n) is 14.9. The Labute approximate surface area is 293 Å². The topological polar surface area (TPSA) is 84.1 Å². The molecule has 0 saturated carbocycles. The molecule has 12 heteroatoms. The van der Waals surface area contributed by atoms with Crippen LogP contribution in [0, 0.1) is 0 Å². The summed E-state index contributed by atoms with van der Waals surface area (Å²) in [5, 5.41) is 1.97. The number of halogens is 3. The fourth-order valence-electron chi connectivity index (χ4n) is 5.77. The standard InChI is InChI=1S/C35H30BrCl2N3O5S/c1-5-45-29-16-24(36)23(15-28(29)44-4)32-31(34(43)46-6-2)19(3)39-35-41(32)33(42)30(47-35)14-21-18-40(27-10-8-7-9-22(21)27)17-20-11-12-25(37)26(38)13-20/h7-16,18,32H,5-6,17H2,1-4H3/b30-14+/t32-/m0/s1. The number of hydrogen-bond acceptors (Lipinski definition) is 7. The monoisotopic (exact) mass is 753 g/mol. The summed E-state index contributed by atoms with van der Waals surface area (Å²) in [6, 6.07) is 16.3. The molecular weight excluding hydrogens is 725 g/mol. The van der Waals surface area contributed by atoms with Crippen molar-refractivity contribution in [1.29, 1.82) is 0 Å². The second-order valence-corrected chi connectivity index (χ2v) is 13.4. The van der Waals surface area contributed by atoms with E-state index in [1.165, 1.54) is 11.3 Å². The predicted molar refractivity (Wildman–Crippen MR) is 190 cm³/mol. The zero-order valence-corrected chi connectivity index (χ0v) is 29.9. The smallest absolute Gasteiger partial charge is 0.338 e. The van der Waals surface area contributed by atoms with Gasteiger partial charge in [0.2, 0.25) is 0 Å². The molecule has 242 valence electrons. The molecule has 0 saturated heterocycles. The van der Waals surface area contributed by atoms with E-state index in [1.807, 2.05) is 55.6 Å². The van der Waals surface area contributed by atoms with E-state index in [0.29, 0.717) is 59.8 Å². The molecule has 0 unspecified atom stereocenters. The molecule has 1 aliphatic rings. The minimum Gasteiger partial charge on any atom is -0.493 e. The fourth-order valence-corrected chi connectivity index (χ4v) is 7.67. The maximum absolute atomic E-state index is 14.4. The normalized spacial score (nSPS) is 14.7. The van der Waals surface area contributed by atoms with Crippen LogP contribution in [-0.4, -0.2) is 35.4 Å². The Morgan fingerprint density at radius 2 is 1.85 bits per heavy atom. The summed E-state index contributed by atoms with van der Waals surface area (Å²) in [5.41, 5.74) is 3.95. The van der Waals surface area contributed by atoms with E-state index in [1.54, 1.807) is 43.7 Å². The van der Waals surface area contributed by atoms with Crippen molar-refractivity contribution in [3.63, 3.8) is 0 Å². The Morgan fingerprint density at radius 1 is 1.06 bits per heavy atom. The highest BCUT2D eigenvalue weighted by molar-refractivity contribution is 9.10. The highest BCUT2D eigenvalue weighted by atomic mass is 79.9. The van der Waals surface area contributed by atoms with Crippen LogP contribution < -0.4 is 24.4 Å². The van der Waals surface area contributed by atoms with Gasteiger partial charge in [0.1, 0.15) is 0 Å². The van der Waals surface area contributed by atoms with E-state index in [4.69, 9.17) is 42.4 Å². The van der Waals surface area contributed by atoms with Gasteiger partial charge in [-0.2, -0.15) is 0 Å². The number of methoxy groups -OCH3 is 1. The predicted octanol–water partition coefficient (Wildman–Crippen LogP) is 7.28. The summed E-state index contributed by atoms with van der Waals surface area (Å²) in [5.74, 6) is 0.464. The number of ether oxygens (including phenoxy) is 3. The van der Waals surface area contributed by atoms with Gasteiger partial charge in [0.25, 0.3) is 5.56 Å². The van der Waals surface area contributed by atoms with Crippen molar-refractivity contribution in [3.8, 4) is 11.5 Å². The Hall–Kier alpha value is -3.83. The second kappa shape index (κ2) is 13.7. The molecule has 1 atom stereocenters. The molecule has 6 rings (SSSR count). The molecule has 0 amide bonds. The van der Waals surface area contributed by atoms with Crippen LogP contribution in [0.25, 0.3) is 17.0 Å². The van der Waals surface area contributed by atoms with Crippen LogP contribution in [0.4, 0.5) is 0 Å². The largest absolute Gasteiger partial charge is 0.493 e. The van der Waals surface area contributed by atoms with E-state index in [2.05, 4.69) is 20.5 Å². The van der Waals surface area contributed by atoms with Gasteiger partial charge >= 0.3 is 5.97 Å².